The first-order valence-electron chi connectivity index (χ1n) is 5.81. The summed E-state index contributed by atoms with van der Waals surface area (Å²) < 4.78 is 10.6. The topological polar surface area (TPSA) is 85.0 Å². The van der Waals surface area contributed by atoms with Gasteiger partial charge in [-0.25, -0.2) is 4.79 Å². The maximum absolute atomic E-state index is 11.8. The van der Waals surface area contributed by atoms with Gasteiger partial charge in [-0.05, 0) is 20.8 Å². The van der Waals surface area contributed by atoms with Gasteiger partial charge >= 0.3 is 6.09 Å². The molecule has 6 heteroatoms. The van der Waals surface area contributed by atoms with Gasteiger partial charge in [0.15, 0.2) is 0 Å². The summed E-state index contributed by atoms with van der Waals surface area (Å²) in [5.74, 6) is 0. The van der Waals surface area contributed by atoms with Crippen LogP contribution >= 0.6 is 0 Å². The molecule has 1 fully saturated rings. The molecule has 0 spiro atoms. The van der Waals surface area contributed by atoms with E-state index in [2.05, 4.69) is 0 Å². The molecule has 0 radical (unpaired) electrons. The molecule has 0 aliphatic carbocycles. The van der Waals surface area contributed by atoms with E-state index in [0.717, 1.165) is 0 Å². The summed E-state index contributed by atoms with van der Waals surface area (Å²) in [6.45, 7) is 6.75. The van der Waals surface area contributed by atoms with Gasteiger partial charge in [-0.2, -0.15) is 0 Å². The lowest BCUT2D eigenvalue weighted by Gasteiger charge is -2.35. The Balaban J connectivity index is 2.52. The zero-order chi connectivity index (χ0) is 13.1. The normalized spacial score (nSPS) is 23.4. The second-order valence-corrected chi connectivity index (χ2v) is 5.14. The molecule has 0 bridgehead atoms. The summed E-state index contributed by atoms with van der Waals surface area (Å²) in [6.07, 6.45) is -1.56. The third kappa shape index (κ3) is 4.49. The molecule has 0 saturated carbocycles. The minimum absolute atomic E-state index is 0.118. The Morgan fingerprint density at radius 2 is 2.29 bits per heavy atom. The van der Waals surface area contributed by atoms with Crippen LogP contribution in [-0.4, -0.2) is 60.1 Å². The van der Waals surface area contributed by atoms with Crippen molar-refractivity contribution >= 4 is 6.09 Å². The molecule has 17 heavy (non-hydrogen) atoms. The van der Waals surface area contributed by atoms with Crippen molar-refractivity contribution in [2.75, 3.05) is 26.2 Å². The van der Waals surface area contributed by atoms with Crippen molar-refractivity contribution in [3.8, 4) is 0 Å². The van der Waals surface area contributed by atoms with Gasteiger partial charge in [0.2, 0.25) is 0 Å². The number of hydrogen-bond donors (Lipinski definition) is 2. The van der Waals surface area contributed by atoms with E-state index in [9.17, 15) is 9.90 Å². The highest BCUT2D eigenvalue weighted by Crippen LogP contribution is 2.14. The minimum Gasteiger partial charge on any atom is -0.444 e. The SMILES string of the molecule is CC(C)(C)OC(=O)N1CCOC([C@@H](O)CN)C1. The number of carbonyl (C=O) groups is 1. The van der Waals surface area contributed by atoms with E-state index in [1.165, 1.54) is 4.90 Å². The largest absolute Gasteiger partial charge is 0.444 e. The van der Waals surface area contributed by atoms with Crippen molar-refractivity contribution < 1.29 is 19.4 Å². The monoisotopic (exact) mass is 246 g/mol. The van der Waals surface area contributed by atoms with Crippen LogP contribution in [0.2, 0.25) is 0 Å². The van der Waals surface area contributed by atoms with E-state index < -0.39 is 17.8 Å². The van der Waals surface area contributed by atoms with E-state index in [4.69, 9.17) is 15.2 Å². The van der Waals surface area contributed by atoms with Crippen molar-refractivity contribution in [1.82, 2.24) is 4.90 Å². The van der Waals surface area contributed by atoms with Crippen LogP contribution < -0.4 is 5.73 Å². The lowest BCUT2D eigenvalue weighted by atomic mass is 10.1. The molecular formula is C11H22N2O4. The van der Waals surface area contributed by atoms with Gasteiger partial charge in [-0.1, -0.05) is 0 Å². The standard InChI is InChI=1S/C11H22N2O4/c1-11(2,3)17-10(15)13-4-5-16-9(7-13)8(14)6-12/h8-9,14H,4-7,12H2,1-3H3/t8-,9?/m0/s1. The van der Waals surface area contributed by atoms with Gasteiger partial charge < -0.3 is 25.2 Å². The van der Waals surface area contributed by atoms with Crippen LogP contribution in [-0.2, 0) is 9.47 Å². The summed E-state index contributed by atoms with van der Waals surface area (Å²) in [5.41, 5.74) is 4.84. The number of carbonyl (C=O) groups excluding carboxylic acids is 1. The highest BCUT2D eigenvalue weighted by molar-refractivity contribution is 5.68. The second kappa shape index (κ2) is 5.66. The van der Waals surface area contributed by atoms with Gasteiger partial charge in [-0.15, -0.1) is 0 Å². The number of morpholine rings is 1. The molecule has 1 saturated heterocycles. The Hall–Kier alpha value is -0.850. The molecule has 1 amide bonds. The van der Waals surface area contributed by atoms with Crippen LogP contribution in [0.25, 0.3) is 0 Å². The summed E-state index contributed by atoms with van der Waals surface area (Å²) in [4.78, 5) is 13.3. The zero-order valence-electron chi connectivity index (χ0n) is 10.7. The van der Waals surface area contributed by atoms with Crippen molar-refractivity contribution in [3.05, 3.63) is 0 Å². The lowest BCUT2D eigenvalue weighted by Crippen LogP contribution is -2.52. The number of hydrogen-bond acceptors (Lipinski definition) is 5. The summed E-state index contributed by atoms with van der Waals surface area (Å²) in [5, 5.41) is 9.59. The first-order valence-corrected chi connectivity index (χ1v) is 5.81. The molecule has 1 aliphatic rings. The Labute approximate surface area is 102 Å². The molecule has 0 aromatic rings. The van der Waals surface area contributed by atoms with Crippen molar-refractivity contribution in [2.45, 2.75) is 38.6 Å². The number of aliphatic hydroxyl groups is 1. The van der Waals surface area contributed by atoms with Crippen molar-refractivity contribution in [1.29, 1.82) is 0 Å². The number of rotatable bonds is 2. The lowest BCUT2D eigenvalue weighted by molar-refractivity contribution is -0.0864. The average Bonchev–Trinajstić information content (AvgIpc) is 2.26. The summed E-state index contributed by atoms with van der Waals surface area (Å²) in [7, 11) is 0. The molecule has 2 atom stereocenters. The minimum atomic E-state index is -0.750. The van der Waals surface area contributed by atoms with Crippen LogP contribution in [0.3, 0.4) is 0 Å². The van der Waals surface area contributed by atoms with Crippen molar-refractivity contribution in [2.24, 2.45) is 5.73 Å². The Bertz CT molecular complexity index is 265. The van der Waals surface area contributed by atoms with Gasteiger partial charge in [0.05, 0.1) is 19.3 Å². The highest BCUT2D eigenvalue weighted by atomic mass is 16.6. The van der Waals surface area contributed by atoms with E-state index in [1.54, 1.807) is 0 Å². The molecule has 3 N–H and O–H groups in total. The number of nitrogens with two attached hydrogens (primary N) is 1. The fraction of sp³-hybridized carbons (Fsp3) is 0.909. The zero-order valence-corrected chi connectivity index (χ0v) is 10.7. The molecular weight excluding hydrogens is 224 g/mol. The molecule has 1 heterocycles. The third-order valence-corrected chi connectivity index (χ3v) is 2.42. The molecule has 1 aliphatic heterocycles. The van der Waals surface area contributed by atoms with E-state index in [1.807, 2.05) is 20.8 Å². The number of nitrogens with zero attached hydrogens (tertiary/aromatic N) is 1. The fourth-order valence-corrected chi connectivity index (χ4v) is 1.55. The fourth-order valence-electron chi connectivity index (χ4n) is 1.55. The first kappa shape index (κ1) is 14.2. The van der Waals surface area contributed by atoms with Gasteiger partial charge in [0.1, 0.15) is 11.7 Å². The van der Waals surface area contributed by atoms with Gasteiger partial charge in [-0.3, -0.25) is 0 Å². The molecule has 1 rings (SSSR count). The maximum Gasteiger partial charge on any atom is 0.410 e. The smallest absolute Gasteiger partial charge is 0.410 e. The van der Waals surface area contributed by atoms with Gasteiger partial charge in [0, 0.05) is 13.1 Å². The van der Waals surface area contributed by atoms with Crippen LogP contribution in [0.1, 0.15) is 20.8 Å². The van der Waals surface area contributed by atoms with E-state index in [-0.39, 0.29) is 12.6 Å². The Kier molecular flexibility index (Phi) is 4.73. The molecule has 100 valence electrons. The van der Waals surface area contributed by atoms with Crippen LogP contribution in [0.5, 0.6) is 0 Å². The number of aliphatic hydroxyl groups excluding tert-OH is 1. The number of amides is 1. The first-order chi connectivity index (χ1) is 7.83. The molecule has 6 nitrogen and oxygen atoms in total. The van der Waals surface area contributed by atoms with Crippen LogP contribution in [0.15, 0.2) is 0 Å². The predicted octanol–water partition coefficient (Wildman–Crippen LogP) is -0.0581. The Morgan fingerprint density at radius 3 is 2.82 bits per heavy atom. The molecule has 0 aromatic carbocycles. The predicted molar refractivity (Wildman–Crippen MR) is 62.6 cm³/mol. The van der Waals surface area contributed by atoms with Crippen molar-refractivity contribution in [3.63, 3.8) is 0 Å². The summed E-state index contributed by atoms with van der Waals surface area (Å²) in [6, 6.07) is 0. The van der Waals surface area contributed by atoms with E-state index >= 15 is 0 Å². The number of ether oxygens (including phenoxy) is 2. The average molecular weight is 246 g/mol. The molecule has 0 aromatic heterocycles. The third-order valence-electron chi connectivity index (χ3n) is 2.42. The summed E-state index contributed by atoms with van der Waals surface area (Å²) >= 11 is 0. The second-order valence-electron chi connectivity index (χ2n) is 5.14. The van der Waals surface area contributed by atoms with Crippen LogP contribution in [0.4, 0.5) is 4.79 Å². The quantitative estimate of drug-likeness (QED) is 0.713. The Morgan fingerprint density at radius 1 is 1.65 bits per heavy atom. The maximum atomic E-state index is 11.8. The highest BCUT2D eigenvalue weighted by Gasteiger charge is 2.31. The van der Waals surface area contributed by atoms with E-state index in [0.29, 0.717) is 19.7 Å². The van der Waals surface area contributed by atoms with Crippen LogP contribution in [0, 0.1) is 0 Å². The van der Waals surface area contributed by atoms with Gasteiger partial charge in [0.25, 0.3) is 0 Å². The molecule has 1 unspecified atom stereocenters.